The second-order valence-electron chi connectivity index (χ2n) is 3.60. The van der Waals surface area contributed by atoms with Gasteiger partial charge in [0.2, 0.25) is 0 Å². The summed E-state index contributed by atoms with van der Waals surface area (Å²) in [5.41, 5.74) is 0. The minimum Gasteiger partial charge on any atom is -0.480 e. The predicted octanol–water partition coefficient (Wildman–Crippen LogP) is 0.163. The Labute approximate surface area is 91.0 Å². The van der Waals surface area contributed by atoms with Gasteiger partial charge in [0.15, 0.2) is 0 Å². The van der Waals surface area contributed by atoms with Crippen molar-refractivity contribution in [2.75, 3.05) is 6.54 Å². The van der Waals surface area contributed by atoms with Gasteiger partial charge in [-0.2, -0.15) is 0 Å². The van der Waals surface area contributed by atoms with Crippen LogP contribution in [0.5, 0.6) is 0 Å². The third-order valence-corrected chi connectivity index (χ3v) is 3.25. The summed E-state index contributed by atoms with van der Waals surface area (Å²) in [5.74, 6) is -0.872. The molecule has 0 aliphatic carbocycles. The van der Waals surface area contributed by atoms with Gasteiger partial charge in [0.1, 0.15) is 11.0 Å². The lowest BCUT2D eigenvalue weighted by Crippen LogP contribution is -2.35. The van der Waals surface area contributed by atoms with Crippen LogP contribution in [-0.4, -0.2) is 44.8 Å². The zero-order valence-corrected chi connectivity index (χ0v) is 8.85. The van der Waals surface area contributed by atoms with Gasteiger partial charge in [0.25, 0.3) is 0 Å². The van der Waals surface area contributed by atoms with Gasteiger partial charge in [-0.25, -0.2) is 4.98 Å². The molecule has 1 aromatic rings. The lowest BCUT2D eigenvalue weighted by molar-refractivity contribution is -0.142. The van der Waals surface area contributed by atoms with Crippen LogP contribution in [0, 0.1) is 0 Å². The number of nitrogens with zero attached hydrogens (tertiary/aromatic N) is 2. The first kappa shape index (κ1) is 10.5. The van der Waals surface area contributed by atoms with Crippen molar-refractivity contribution in [1.29, 1.82) is 0 Å². The summed E-state index contributed by atoms with van der Waals surface area (Å²) in [7, 11) is 0. The van der Waals surface area contributed by atoms with Crippen molar-refractivity contribution in [3.63, 3.8) is 0 Å². The topological polar surface area (TPSA) is 73.7 Å². The van der Waals surface area contributed by atoms with Crippen LogP contribution in [0.3, 0.4) is 0 Å². The van der Waals surface area contributed by atoms with Crippen molar-refractivity contribution in [3.05, 3.63) is 16.6 Å². The van der Waals surface area contributed by atoms with Crippen molar-refractivity contribution < 1.29 is 15.0 Å². The van der Waals surface area contributed by atoms with Crippen molar-refractivity contribution in [2.24, 2.45) is 0 Å². The molecule has 0 spiro atoms. The number of hydrogen-bond donors (Lipinski definition) is 2. The van der Waals surface area contributed by atoms with Crippen molar-refractivity contribution >= 4 is 17.3 Å². The average Bonchev–Trinajstić information content (AvgIpc) is 2.75. The summed E-state index contributed by atoms with van der Waals surface area (Å²) in [6.07, 6.45) is 1.47. The van der Waals surface area contributed by atoms with Gasteiger partial charge in [-0.3, -0.25) is 9.69 Å². The molecule has 2 rings (SSSR count). The summed E-state index contributed by atoms with van der Waals surface area (Å²) >= 11 is 1.50. The first-order valence-electron chi connectivity index (χ1n) is 4.70. The molecular weight excluding hydrogens is 216 g/mol. The number of aliphatic carboxylic acids is 1. The fraction of sp³-hybridized carbons (Fsp3) is 0.556. The van der Waals surface area contributed by atoms with Gasteiger partial charge < -0.3 is 10.2 Å². The normalized spacial score (nSPS) is 27.0. The van der Waals surface area contributed by atoms with E-state index in [2.05, 4.69) is 4.98 Å². The highest BCUT2D eigenvalue weighted by Gasteiger charge is 2.36. The Morgan fingerprint density at radius 1 is 1.73 bits per heavy atom. The Morgan fingerprint density at radius 3 is 3.13 bits per heavy atom. The van der Waals surface area contributed by atoms with Crippen molar-refractivity contribution in [1.82, 2.24) is 9.88 Å². The molecule has 2 N–H and O–H groups in total. The van der Waals surface area contributed by atoms with Crippen LogP contribution in [0.4, 0.5) is 0 Å². The zero-order valence-electron chi connectivity index (χ0n) is 8.04. The van der Waals surface area contributed by atoms with Gasteiger partial charge in [0, 0.05) is 24.5 Å². The molecule has 1 aliphatic heterocycles. The number of β-amino-alcohol motifs (C(OH)–C–C–N with tert-alkyl or cyclic N) is 1. The molecule has 6 heteroatoms. The molecule has 15 heavy (non-hydrogen) atoms. The van der Waals surface area contributed by atoms with E-state index in [1.807, 2.05) is 5.38 Å². The largest absolute Gasteiger partial charge is 0.480 e. The van der Waals surface area contributed by atoms with E-state index in [9.17, 15) is 9.90 Å². The molecule has 82 valence electrons. The second kappa shape index (κ2) is 4.26. The van der Waals surface area contributed by atoms with Gasteiger partial charge in [-0.1, -0.05) is 0 Å². The Hall–Kier alpha value is -0.980. The van der Waals surface area contributed by atoms with E-state index >= 15 is 0 Å². The molecule has 2 heterocycles. The molecule has 2 atom stereocenters. The highest BCUT2D eigenvalue weighted by atomic mass is 32.1. The SMILES string of the molecule is O=C(O)C1CC(O)CN1Cc1nccs1. The molecule has 0 aromatic carbocycles. The molecular formula is C9H12N2O3S. The van der Waals surface area contributed by atoms with E-state index in [1.165, 1.54) is 11.3 Å². The number of carboxylic acid groups (broad SMARTS) is 1. The number of hydrogen-bond acceptors (Lipinski definition) is 5. The molecule has 1 saturated heterocycles. The molecule has 2 unspecified atom stereocenters. The quantitative estimate of drug-likeness (QED) is 0.771. The van der Waals surface area contributed by atoms with Gasteiger partial charge in [0.05, 0.1) is 12.6 Å². The maximum Gasteiger partial charge on any atom is 0.321 e. The summed E-state index contributed by atoms with van der Waals surface area (Å²) in [6.45, 7) is 0.919. The summed E-state index contributed by atoms with van der Waals surface area (Å²) in [5, 5.41) is 21.1. The fourth-order valence-electron chi connectivity index (χ4n) is 1.82. The number of rotatable bonds is 3. The molecule has 5 nitrogen and oxygen atoms in total. The molecule has 0 radical (unpaired) electrons. The second-order valence-corrected chi connectivity index (χ2v) is 4.58. The Balaban J connectivity index is 2.04. The number of aromatic nitrogens is 1. The predicted molar refractivity (Wildman–Crippen MR) is 54.6 cm³/mol. The average molecular weight is 228 g/mol. The van der Waals surface area contributed by atoms with Crippen LogP contribution in [0.2, 0.25) is 0 Å². The Bertz CT molecular complexity index is 341. The van der Waals surface area contributed by atoms with Gasteiger partial charge in [-0.05, 0) is 0 Å². The maximum absolute atomic E-state index is 10.9. The first-order chi connectivity index (χ1) is 7.16. The van der Waals surface area contributed by atoms with E-state index < -0.39 is 18.1 Å². The third-order valence-electron chi connectivity index (χ3n) is 2.49. The van der Waals surface area contributed by atoms with E-state index in [1.54, 1.807) is 11.1 Å². The fourth-order valence-corrected chi connectivity index (χ4v) is 2.46. The Morgan fingerprint density at radius 2 is 2.53 bits per heavy atom. The standard InChI is InChI=1S/C9H12N2O3S/c12-6-3-7(9(13)14)11(4-6)5-8-10-1-2-15-8/h1-2,6-7,12H,3-5H2,(H,13,14). The third kappa shape index (κ3) is 2.34. The van der Waals surface area contributed by atoms with Crippen LogP contribution >= 0.6 is 11.3 Å². The molecule has 1 fully saturated rings. The number of thiazole rings is 1. The maximum atomic E-state index is 10.9. The molecule has 0 saturated carbocycles. The number of aliphatic hydroxyl groups is 1. The molecule has 1 aromatic heterocycles. The summed E-state index contributed by atoms with van der Waals surface area (Å²) in [4.78, 5) is 16.8. The number of carbonyl (C=O) groups is 1. The van der Waals surface area contributed by atoms with E-state index in [-0.39, 0.29) is 0 Å². The molecule has 1 aliphatic rings. The number of likely N-dealkylation sites (tertiary alicyclic amines) is 1. The van der Waals surface area contributed by atoms with E-state index in [0.717, 1.165) is 5.01 Å². The summed E-state index contributed by atoms with van der Waals surface area (Å²) < 4.78 is 0. The lowest BCUT2D eigenvalue weighted by Gasteiger charge is -2.18. The minimum atomic E-state index is -0.872. The first-order valence-corrected chi connectivity index (χ1v) is 5.58. The van der Waals surface area contributed by atoms with E-state index in [4.69, 9.17) is 5.11 Å². The smallest absolute Gasteiger partial charge is 0.321 e. The van der Waals surface area contributed by atoms with Crippen LogP contribution in [0.25, 0.3) is 0 Å². The van der Waals surface area contributed by atoms with Crippen LogP contribution < -0.4 is 0 Å². The highest BCUT2D eigenvalue weighted by Crippen LogP contribution is 2.21. The number of carboxylic acids is 1. The zero-order chi connectivity index (χ0) is 10.8. The minimum absolute atomic E-state index is 0.306. The van der Waals surface area contributed by atoms with Gasteiger partial charge in [-0.15, -0.1) is 11.3 Å². The molecule has 0 amide bonds. The highest BCUT2D eigenvalue weighted by molar-refractivity contribution is 7.09. The van der Waals surface area contributed by atoms with E-state index in [0.29, 0.717) is 19.5 Å². The van der Waals surface area contributed by atoms with Crippen molar-refractivity contribution in [3.8, 4) is 0 Å². The number of aliphatic hydroxyl groups excluding tert-OH is 1. The monoisotopic (exact) mass is 228 g/mol. The van der Waals surface area contributed by atoms with Crippen LogP contribution in [0.1, 0.15) is 11.4 Å². The lowest BCUT2D eigenvalue weighted by atomic mass is 10.2. The molecule has 0 bridgehead atoms. The van der Waals surface area contributed by atoms with Crippen LogP contribution in [0.15, 0.2) is 11.6 Å². The van der Waals surface area contributed by atoms with Gasteiger partial charge >= 0.3 is 5.97 Å². The Kier molecular flexibility index (Phi) is 2.99. The van der Waals surface area contributed by atoms with Crippen LogP contribution in [-0.2, 0) is 11.3 Å². The summed E-state index contributed by atoms with van der Waals surface area (Å²) in [6, 6.07) is -0.580. The van der Waals surface area contributed by atoms with Crippen molar-refractivity contribution in [2.45, 2.75) is 25.1 Å².